The number of aryl methyl sites for hydroxylation is 2. The maximum absolute atomic E-state index is 12.9. The van der Waals surface area contributed by atoms with Gasteiger partial charge in [-0.2, -0.15) is 9.41 Å². The van der Waals surface area contributed by atoms with Crippen molar-refractivity contribution in [2.24, 2.45) is 18.1 Å². The molecule has 1 fully saturated rings. The molecule has 0 spiro atoms. The van der Waals surface area contributed by atoms with Gasteiger partial charge in [-0.3, -0.25) is 4.79 Å². The molecule has 0 bridgehead atoms. The zero-order chi connectivity index (χ0) is 23.4. The van der Waals surface area contributed by atoms with Gasteiger partial charge in [0, 0.05) is 43.4 Å². The van der Waals surface area contributed by atoms with Crippen LogP contribution in [0, 0.1) is 12.8 Å². The van der Waals surface area contributed by atoms with Crippen LogP contribution in [0.4, 0.5) is 0 Å². The van der Waals surface area contributed by atoms with Gasteiger partial charge in [0.25, 0.3) is 10.0 Å². The van der Waals surface area contributed by atoms with Crippen LogP contribution >= 0.6 is 0 Å². The van der Waals surface area contributed by atoms with Crippen molar-refractivity contribution in [1.29, 1.82) is 0 Å². The average Bonchev–Trinajstić information content (AvgIpc) is 3.19. The Balaban J connectivity index is 1.43. The minimum absolute atomic E-state index is 0.0466. The number of carbonyl (C=O) groups is 1. The molecule has 1 aromatic heterocycles. The Kier molecular flexibility index (Phi) is 6.71. The van der Waals surface area contributed by atoms with Gasteiger partial charge in [-0.15, -0.1) is 0 Å². The number of imidazole rings is 1. The van der Waals surface area contributed by atoms with Crippen molar-refractivity contribution in [2.75, 3.05) is 13.1 Å². The highest BCUT2D eigenvalue weighted by Gasteiger charge is 2.33. The highest BCUT2D eigenvalue weighted by Crippen LogP contribution is 2.23. The van der Waals surface area contributed by atoms with Gasteiger partial charge in [-0.1, -0.05) is 60.7 Å². The zero-order valence-electron chi connectivity index (χ0n) is 18.7. The highest BCUT2D eigenvalue weighted by molar-refractivity contribution is 7.89. The monoisotopic (exact) mass is 465 g/mol. The summed E-state index contributed by atoms with van der Waals surface area (Å²) in [7, 11) is -1.91. The average molecular weight is 466 g/mol. The third-order valence-electron chi connectivity index (χ3n) is 5.89. The lowest BCUT2D eigenvalue weighted by Crippen LogP contribution is -2.42. The first-order valence-corrected chi connectivity index (χ1v) is 12.3. The highest BCUT2D eigenvalue weighted by atomic mass is 32.2. The van der Waals surface area contributed by atoms with Crippen LogP contribution in [0.25, 0.3) is 0 Å². The van der Waals surface area contributed by atoms with E-state index in [1.807, 2.05) is 60.7 Å². The summed E-state index contributed by atoms with van der Waals surface area (Å²) in [6.45, 7) is 2.29. The van der Waals surface area contributed by atoms with E-state index in [0.717, 1.165) is 11.1 Å². The Morgan fingerprint density at radius 1 is 1.00 bits per heavy atom. The number of aromatic nitrogens is 2. The number of piperidine rings is 1. The topological polar surface area (TPSA) is 96.7 Å². The normalized spacial score (nSPS) is 15.2. The quantitative estimate of drug-likeness (QED) is 0.447. The van der Waals surface area contributed by atoms with E-state index in [2.05, 4.69) is 15.5 Å². The van der Waals surface area contributed by atoms with E-state index in [-0.39, 0.29) is 29.9 Å². The molecule has 0 saturated carbocycles. The van der Waals surface area contributed by atoms with Crippen molar-refractivity contribution in [2.45, 2.75) is 24.8 Å². The molecule has 1 aliphatic heterocycles. The molecule has 1 saturated heterocycles. The molecule has 0 atom stereocenters. The van der Waals surface area contributed by atoms with Crippen LogP contribution in [0.15, 0.2) is 77.0 Å². The SMILES string of the molecule is Cc1nc(S(=O)(=O)N2CCC(C(=O)NN=C(c3ccccc3)c3ccccc3)CC2)cn1C. The minimum Gasteiger partial charge on any atom is -0.337 e. The van der Waals surface area contributed by atoms with Crippen molar-refractivity contribution in [3.8, 4) is 0 Å². The summed E-state index contributed by atoms with van der Waals surface area (Å²) in [6.07, 6.45) is 2.38. The predicted molar refractivity (Wildman–Crippen MR) is 126 cm³/mol. The molecular weight excluding hydrogens is 438 g/mol. The maximum Gasteiger partial charge on any atom is 0.262 e. The van der Waals surface area contributed by atoms with Crippen LogP contribution < -0.4 is 5.43 Å². The first-order valence-electron chi connectivity index (χ1n) is 10.8. The molecule has 0 aliphatic carbocycles. The van der Waals surface area contributed by atoms with E-state index in [0.29, 0.717) is 24.4 Å². The van der Waals surface area contributed by atoms with E-state index in [1.165, 1.54) is 10.5 Å². The molecule has 9 heteroatoms. The fourth-order valence-electron chi connectivity index (χ4n) is 3.83. The molecule has 2 heterocycles. The number of hydrazone groups is 1. The van der Waals surface area contributed by atoms with E-state index in [9.17, 15) is 13.2 Å². The number of amides is 1. The number of rotatable bonds is 6. The molecular formula is C24H27N5O3S. The number of nitrogens with one attached hydrogen (secondary N) is 1. The van der Waals surface area contributed by atoms with Crippen LogP contribution in [-0.2, 0) is 21.9 Å². The number of hydrogen-bond acceptors (Lipinski definition) is 5. The Bertz CT molecular complexity index is 1180. The summed E-state index contributed by atoms with van der Waals surface area (Å²) in [5.74, 6) is 0.122. The number of nitrogens with zero attached hydrogens (tertiary/aromatic N) is 4. The molecule has 3 aromatic rings. The van der Waals surface area contributed by atoms with E-state index in [4.69, 9.17) is 0 Å². The summed E-state index contributed by atoms with van der Waals surface area (Å²) >= 11 is 0. The maximum atomic E-state index is 12.9. The Hall–Kier alpha value is -3.30. The molecule has 8 nitrogen and oxygen atoms in total. The van der Waals surface area contributed by atoms with Gasteiger partial charge in [0.05, 0.1) is 5.71 Å². The second-order valence-corrected chi connectivity index (χ2v) is 9.97. The van der Waals surface area contributed by atoms with Crippen molar-refractivity contribution in [1.82, 2.24) is 19.3 Å². The Morgan fingerprint density at radius 2 is 1.55 bits per heavy atom. The summed E-state index contributed by atoms with van der Waals surface area (Å²) < 4.78 is 28.9. The second kappa shape index (κ2) is 9.68. The smallest absolute Gasteiger partial charge is 0.262 e. The van der Waals surface area contributed by atoms with Crippen LogP contribution in [0.5, 0.6) is 0 Å². The molecule has 33 heavy (non-hydrogen) atoms. The van der Waals surface area contributed by atoms with Gasteiger partial charge in [0.15, 0.2) is 5.03 Å². The fraction of sp³-hybridized carbons (Fsp3) is 0.292. The molecule has 172 valence electrons. The first-order chi connectivity index (χ1) is 15.9. The van der Waals surface area contributed by atoms with Gasteiger partial charge in [0.1, 0.15) is 5.82 Å². The first kappa shape index (κ1) is 22.9. The van der Waals surface area contributed by atoms with Gasteiger partial charge in [0.2, 0.25) is 5.91 Å². The number of sulfonamides is 1. The standard InChI is InChI=1S/C24H27N5O3S/c1-18-25-22(17-28(18)2)33(31,32)29-15-13-21(14-16-29)24(30)27-26-23(19-9-5-3-6-10-19)20-11-7-4-8-12-20/h3-12,17,21H,13-16H2,1-2H3,(H,27,30). The van der Waals surface area contributed by atoms with Gasteiger partial charge in [-0.25, -0.2) is 18.8 Å². The fourth-order valence-corrected chi connectivity index (χ4v) is 5.33. The second-order valence-electron chi connectivity index (χ2n) is 8.08. The Morgan fingerprint density at radius 3 is 2.03 bits per heavy atom. The summed E-state index contributed by atoms with van der Waals surface area (Å²) in [6, 6.07) is 19.3. The summed E-state index contributed by atoms with van der Waals surface area (Å²) in [5, 5.41) is 4.49. The van der Waals surface area contributed by atoms with Crippen molar-refractivity contribution in [3.63, 3.8) is 0 Å². The van der Waals surface area contributed by atoms with E-state index in [1.54, 1.807) is 18.5 Å². The third-order valence-corrected chi connectivity index (χ3v) is 7.66. The number of benzene rings is 2. The molecule has 1 aliphatic rings. The summed E-state index contributed by atoms with van der Waals surface area (Å²) in [4.78, 5) is 17.0. The largest absolute Gasteiger partial charge is 0.337 e. The molecule has 2 aromatic carbocycles. The van der Waals surface area contributed by atoms with Crippen molar-refractivity contribution >= 4 is 21.6 Å². The lowest BCUT2D eigenvalue weighted by atomic mass is 9.97. The molecule has 0 unspecified atom stereocenters. The van der Waals surface area contributed by atoms with Gasteiger partial charge < -0.3 is 4.57 Å². The zero-order valence-corrected chi connectivity index (χ0v) is 19.5. The Labute approximate surface area is 194 Å². The minimum atomic E-state index is -3.67. The molecule has 4 rings (SSSR count). The molecule has 1 N–H and O–H groups in total. The number of hydrogen-bond donors (Lipinski definition) is 1. The lowest BCUT2D eigenvalue weighted by Gasteiger charge is -2.29. The number of carbonyl (C=O) groups excluding carboxylic acids is 1. The van der Waals surface area contributed by atoms with Crippen molar-refractivity contribution in [3.05, 3.63) is 83.8 Å². The van der Waals surface area contributed by atoms with E-state index >= 15 is 0 Å². The van der Waals surface area contributed by atoms with Crippen LogP contribution in [0.1, 0.15) is 29.8 Å². The van der Waals surface area contributed by atoms with E-state index < -0.39 is 10.0 Å². The van der Waals surface area contributed by atoms with Gasteiger partial charge in [-0.05, 0) is 19.8 Å². The third kappa shape index (κ3) is 5.04. The summed E-state index contributed by atoms with van der Waals surface area (Å²) in [5.41, 5.74) is 5.18. The van der Waals surface area contributed by atoms with Crippen LogP contribution in [0.2, 0.25) is 0 Å². The molecule has 0 radical (unpaired) electrons. The van der Waals surface area contributed by atoms with Gasteiger partial charge >= 0.3 is 0 Å². The van der Waals surface area contributed by atoms with Crippen molar-refractivity contribution < 1.29 is 13.2 Å². The van der Waals surface area contributed by atoms with Crippen LogP contribution in [-0.4, -0.2) is 47.0 Å². The molecule has 1 amide bonds. The predicted octanol–water partition coefficient (Wildman–Crippen LogP) is 2.70. The van der Waals surface area contributed by atoms with Crippen LogP contribution in [0.3, 0.4) is 0 Å². The lowest BCUT2D eigenvalue weighted by molar-refractivity contribution is -0.126.